The first-order valence-corrected chi connectivity index (χ1v) is 10.9. The second kappa shape index (κ2) is 9.33. The summed E-state index contributed by atoms with van der Waals surface area (Å²) in [7, 11) is 1.36. The molecule has 4 rings (SSSR count). The number of quaternary nitrogens is 1. The molecule has 1 fully saturated rings. The number of carbonyl (C=O) groups excluding carboxylic acids is 1. The van der Waals surface area contributed by atoms with E-state index in [1.165, 1.54) is 11.6 Å². The van der Waals surface area contributed by atoms with Gasteiger partial charge in [0.05, 0.1) is 38.4 Å². The average molecular weight is 451 g/mol. The minimum Gasteiger partial charge on any atom is -0.506 e. The fraction of sp³-hybridized carbons (Fsp3) is 0.292. The van der Waals surface area contributed by atoms with Crippen LogP contribution in [0.3, 0.4) is 0 Å². The summed E-state index contributed by atoms with van der Waals surface area (Å²) >= 11 is 0. The van der Waals surface area contributed by atoms with Crippen molar-refractivity contribution in [1.82, 2.24) is 9.13 Å². The van der Waals surface area contributed by atoms with E-state index in [0.717, 1.165) is 20.7 Å². The van der Waals surface area contributed by atoms with E-state index >= 15 is 0 Å². The number of nitrogens with one attached hydrogen (secondary N) is 1. The molecule has 3 aromatic rings. The molecule has 1 saturated heterocycles. The highest BCUT2D eigenvalue weighted by molar-refractivity contribution is 6.00. The normalized spacial score (nSPS) is 14.4. The van der Waals surface area contributed by atoms with Gasteiger partial charge in [-0.05, 0) is 17.7 Å². The third-order valence-electron chi connectivity index (χ3n) is 6.15. The van der Waals surface area contributed by atoms with Crippen molar-refractivity contribution in [2.24, 2.45) is 7.05 Å². The maximum absolute atomic E-state index is 13.1. The molecule has 0 spiro atoms. The van der Waals surface area contributed by atoms with Crippen LogP contribution in [0, 0.1) is 0 Å². The highest BCUT2D eigenvalue weighted by Crippen LogP contribution is 2.25. The Labute approximate surface area is 190 Å². The van der Waals surface area contributed by atoms with Gasteiger partial charge in [-0.25, -0.2) is 4.79 Å². The van der Waals surface area contributed by atoms with Crippen molar-refractivity contribution in [3.05, 3.63) is 86.6 Å². The molecule has 9 nitrogen and oxygen atoms in total. The van der Waals surface area contributed by atoms with E-state index in [4.69, 9.17) is 5.73 Å². The molecular formula is C24H28N5O4+. The largest absolute Gasteiger partial charge is 0.506 e. The van der Waals surface area contributed by atoms with E-state index in [2.05, 4.69) is 4.90 Å². The molecule has 2 aromatic carbocycles. The maximum Gasteiger partial charge on any atom is 0.332 e. The molecule has 0 aliphatic carbocycles. The number of para-hydroxylation sites is 2. The number of ketones is 1. The number of anilines is 2. The van der Waals surface area contributed by atoms with Crippen LogP contribution in [0.4, 0.5) is 11.5 Å². The Kier molecular flexibility index (Phi) is 6.32. The predicted molar refractivity (Wildman–Crippen MR) is 126 cm³/mol. The molecule has 0 unspecified atom stereocenters. The second-order valence-electron chi connectivity index (χ2n) is 8.30. The summed E-state index contributed by atoms with van der Waals surface area (Å²) in [5, 5.41) is 10.1. The third kappa shape index (κ3) is 4.54. The highest BCUT2D eigenvalue weighted by Gasteiger charge is 2.28. The number of nitrogen functional groups attached to an aromatic ring is 1. The van der Waals surface area contributed by atoms with E-state index in [-0.39, 0.29) is 36.0 Å². The van der Waals surface area contributed by atoms with Crippen molar-refractivity contribution in [2.75, 3.05) is 43.4 Å². The number of nitrogens with zero attached hydrogens (tertiary/aromatic N) is 3. The van der Waals surface area contributed by atoms with Gasteiger partial charge in [-0.2, -0.15) is 0 Å². The van der Waals surface area contributed by atoms with Crippen molar-refractivity contribution in [3.63, 3.8) is 0 Å². The summed E-state index contributed by atoms with van der Waals surface area (Å²) in [6.07, 6.45) is 0. The van der Waals surface area contributed by atoms with Crippen molar-refractivity contribution in [2.45, 2.75) is 6.54 Å². The molecule has 1 aromatic heterocycles. The van der Waals surface area contributed by atoms with Crippen molar-refractivity contribution in [1.29, 1.82) is 0 Å². The van der Waals surface area contributed by atoms with Gasteiger partial charge in [-0.1, -0.05) is 42.5 Å². The molecule has 172 valence electrons. The molecule has 9 heteroatoms. The van der Waals surface area contributed by atoms with Gasteiger partial charge in [0.1, 0.15) is 23.7 Å². The standard InChI is InChI=1S/C24H27N5O4/c1-26-23(32)21(22(25)29(24(26)33)15-17-7-3-2-4-8-17)20(31)16-27-11-13-28(14-12-27)18-9-5-6-10-19(18)30/h2-10,30H,11-16,25H2,1H3/p+1. The number of hydrogen-bond acceptors (Lipinski definition) is 6. The van der Waals surface area contributed by atoms with Gasteiger partial charge in [0.25, 0.3) is 5.56 Å². The molecule has 0 bridgehead atoms. The van der Waals surface area contributed by atoms with Crippen LogP contribution >= 0.6 is 0 Å². The quantitative estimate of drug-likeness (QED) is 0.435. The fourth-order valence-corrected chi connectivity index (χ4v) is 4.25. The van der Waals surface area contributed by atoms with Gasteiger partial charge in [0.15, 0.2) is 0 Å². The molecule has 1 aliphatic heterocycles. The molecule has 0 atom stereocenters. The summed E-state index contributed by atoms with van der Waals surface area (Å²) in [5.74, 6) is -0.237. The Hall–Kier alpha value is -3.85. The van der Waals surface area contributed by atoms with Crippen molar-refractivity contribution >= 4 is 17.3 Å². The third-order valence-corrected chi connectivity index (χ3v) is 6.15. The van der Waals surface area contributed by atoms with Crippen LogP contribution in [-0.4, -0.2) is 52.7 Å². The first-order valence-electron chi connectivity index (χ1n) is 10.9. The minimum absolute atomic E-state index is 0.0933. The number of piperazine rings is 1. The Morgan fingerprint density at radius 3 is 2.33 bits per heavy atom. The number of aromatic nitrogens is 2. The predicted octanol–water partition coefficient (Wildman–Crippen LogP) is -0.529. The molecular weight excluding hydrogens is 422 g/mol. The van der Waals surface area contributed by atoms with Gasteiger partial charge in [0.2, 0.25) is 5.78 Å². The van der Waals surface area contributed by atoms with E-state index in [9.17, 15) is 19.5 Å². The fourth-order valence-electron chi connectivity index (χ4n) is 4.25. The number of carbonyl (C=O) groups is 1. The van der Waals surface area contributed by atoms with E-state index in [0.29, 0.717) is 26.2 Å². The van der Waals surface area contributed by atoms with E-state index < -0.39 is 11.2 Å². The van der Waals surface area contributed by atoms with Gasteiger partial charge in [0, 0.05) is 7.05 Å². The lowest BCUT2D eigenvalue weighted by Crippen LogP contribution is -3.15. The highest BCUT2D eigenvalue weighted by atomic mass is 16.3. The zero-order chi connectivity index (χ0) is 23.5. The van der Waals surface area contributed by atoms with E-state index in [1.54, 1.807) is 12.1 Å². The molecule has 0 saturated carbocycles. The molecule has 4 N–H and O–H groups in total. The topological polar surface area (TPSA) is 115 Å². The Bertz CT molecular complexity index is 1270. The number of Topliss-reactive ketones (excluding diaryl/α,β-unsaturated/α-hetero) is 1. The van der Waals surface area contributed by atoms with Crippen LogP contribution in [0.25, 0.3) is 0 Å². The Morgan fingerprint density at radius 2 is 1.67 bits per heavy atom. The van der Waals surface area contributed by atoms with Gasteiger partial charge >= 0.3 is 5.69 Å². The number of phenols is 1. The zero-order valence-electron chi connectivity index (χ0n) is 18.5. The summed E-state index contributed by atoms with van der Waals surface area (Å²) in [5.41, 5.74) is 6.46. The Balaban J connectivity index is 1.52. The first kappa shape index (κ1) is 22.3. The molecule has 0 radical (unpaired) electrons. The van der Waals surface area contributed by atoms with Gasteiger partial charge in [-0.3, -0.25) is 18.7 Å². The van der Waals surface area contributed by atoms with Crippen LogP contribution < -0.4 is 26.8 Å². The Morgan fingerprint density at radius 1 is 1.03 bits per heavy atom. The van der Waals surface area contributed by atoms with Crippen molar-refractivity contribution in [3.8, 4) is 5.75 Å². The number of rotatable bonds is 6. The van der Waals surface area contributed by atoms with Crippen LogP contribution in [-0.2, 0) is 13.6 Å². The molecule has 33 heavy (non-hydrogen) atoms. The molecule has 1 aliphatic rings. The summed E-state index contributed by atoms with van der Waals surface area (Å²) in [4.78, 5) is 41.7. The monoisotopic (exact) mass is 450 g/mol. The number of phenolic OH excluding ortho intramolecular Hbond substituents is 1. The van der Waals surface area contributed by atoms with Crippen LogP contribution in [0.1, 0.15) is 15.9 Å². The molecule has 2 heterocycles. The number of benzene rings is 2. The van der Waals surface area contributed by atoms with Crippen molar-refractivity contribution < 1.29 is 14.8 Å². The lowest BCUT2D eigenvalue weighted by atomic mass is 10.1. The lowest BCUT2D eigenvalue weighted by molar-refractivity contribution is -0.892. The number of aromatic hydroxyl groups is 1. The van der Waals surface area contributed by atoms with Crippen LogP contribution in [0.15, 0.2) is 64.2 Å². The average Bonchev–Trinajstić information content (AvgIpc) is 2.82. The summed E-state index contributed by atoms with van der Waals surface area (Å²) in [6.45, 7) is 2.96. The first-order chi connectivity index (χ1) is 15.9. The maximum atomic E-state index is 13.1. The van der Waals surface area contributed by atoms with Gasteiger partial charge < -0.3 is 20.6 Å². The smallest absolute Gasteiger partial charge is 0.332 e. The summed E-state index contributed by atoms with van der Waals surface area (Å²) < 4.78 is 2.22. The second-order valence-corrected chi connectivity index (χ2v) is 8.30. The van der Waals surface area contributed by atoms with E-state index in [1.807, 2.05) is 42.5 Å². The number of nitrogens with two attached hydrogens (primary N) is 1. The number of hydrogen-bond donors (Lipinski definition) is 3. The molecule has 0 amide bonds. The van der Waals surface area contributed by atoms with Crippen LogP contribution in [0.5, 0.6) is 5.75 Å². The van der Waals surface area contributed by atoms with Gasteiger partial charge in [-0.15, -0.1) is 0 Å². The van der Waals surface area contributed by atoms with Crippen LogP contribution in [0.2, 0.25) is 0 Å². The summed E-state index contributed by atoms with van der Waals surface area (Å²) in [6, 6.07) is 16.5. The zero-order valence-corrected chi connectivity index (χ0v) is 18.5. The SMILES string of the molecule is Cn1c(=O)c(C(=O)C[NH+]2CCN(c3ccccc3O)CC2)c(N)n(Cc2ccccc2)c1=O. The minimum atomic E-state index is -0.668. The lowest BCUT2D eigenvalue weighted by Gasteiger charge is -2.33.